The molecule has 2 rings (SSSR count). The number of aromatic amines is 1. The lowest BCUT2D eigenvalue weighted by atomic mass is 10.3. The molecule has 1 aromatic heterocycles. The number of H-pyrrole nitrogens is 1. The predicted octanol–water partition coefficient (Wildman–Crippen LogP) is 1.38. The van der Waals surface area contributed by atoms with E-state index in [0.29, 0.717) is 5.75 Å². The summed E-state index contributed by atoms with van der Waals surface area (Å²) in [5.74, 6) is 1.44. The van der Waals surface area contributed by atoms with E-state index in [9.17, 15) is 0 Å². The van der Waals surface area contributed by atoms with Gasteiger partial charge in [-0.3, -0.25) is 0 Å². The number of benzene rings is 1. The van der Waals surface area contributed by atoms with E-state index in [0.717, 1.165) is 16.8 Å². The Bertz CT molecular complexity index is 422. The van der Waals surface area contributed by atoms with Gasteiger partial charge in [-0.05, 0) is 0 Å². The van der Waals surface area contributed by atoms with Crippen LogP contribution in [0.3, 0.4) is 0 Å². The Balaban J connectivity index is 2.70. The normalized spacial score (nSPS) is 10.3. The Morgan fingerprint density at radius 1 is 1.31 bits per heavy atom. The fraction of sp³-hybridized carbons (Fsp3) is 0.222. The largest absolute Gasteiger partial charge is 0.497 e. The number of hydrogen-bond donors (Lipinski definition) is 1. The molecule has 1 N–H and O–H groups in total. The third kappa shape index (κ3) is 1.20. The van der Waals surface area contributed by atoms with Crippen LogP contribution in [0.5, 0.6) is 11.5 Å². The van der Waals surface area contributed by atoms with E-state index in [1.165, 1.54) is 0 Å². The van der Waals surface area contributed by atoms with Crippen molar-refractivity contribution in [2.45, 2.75) is 0 Å². The molecule has 1 radical (unpaired) electrons. The van der Waals surface area contributed by atoms with E-state index >= 15 is 0 Å². The molecule has 4 nitrogen and oxygen atoms in total. The van der Waals surface area contributed by atoms with Crippen molar-refractivity contribution in [1.29, 1.82) is 0 Å². The summed E-state index contributed by atoms with van der Waals surface area (Å²) in [7, 11) is 3.21. The Kier molecular flexibility index (Phi) is 1.81. The Hall–Kier alpha value is -1.71. The van der Waals surface area contributed by atoms with Gasteiger partial charge in [-0.1, -0.05) is 0 Å². The van der Waals surface area contributed by atoms with Gasteiger partial charge in [0.1, 0.15) is 17.0 Å². The second kappa shape index (κ2) is 2.97. The van der Waals surface area contributed by atoms with Gasteiger partial charge in [0.05, 0.1) is 19.7 Å². The summed E-state index contributed by atoms with van der Waals surface area (Å²) < 4.78 is 10.2. The third-order valence-electron chi connectivity index (χ3n) is 1.87. The molecule has 0 saturated carbocycles. The molecule has 0 aliphatic carbocycles. The summed E-state index contributed by atoms with van der Waals surface area (Å²) in [6, 6.07) is 3.62. The van der Waals surface area contributed by atoms with Crippen LogP contribution < -0.4 is 9.47 Å². The number of hydrogen-bond acceptors (Lipinski definition) is 3. The number of rotatable bonds is 2. The third-order valence-corrected chi connectivity index (χ3v) is 1.87. The quantitative estimate of drug-likeness (QED) is 0.753. The van der Waals surface area contributed by atoms with Crippen LogP contribution in [0.1, 0.15) is 0 Å². The van der Waals surface area contributed by atoms with Crippen molar-refractivity contribution in [3.8, 4) is 11.5 Å². The fourth-order valence-corrected chi connectivity index (χ4v) is 1.21. The molecule has 0 atom stereocenters. The van der Waals surface area contributed by atoms with Crippen molar-refractivity contribution < 1.29 is 9.47 Å². The first-order chi connectivity index (χ1) is 6.35. The van der Waals surface area contributed by atoms with Gasteiger partial charge in [-0.15, -0.1) is 0 Å². The number of imidazole rings is 1. The summed E-state index contributed by atoms with van der Waals surface area (Å²) in [6.07, 6.45) is 2.65. The highest BCUT2D eigenvalue weighted by molar-refractivity contribution is 5.82. The maximum Gasteiger partial charge on any atom is 0.174 e. The predicted molar refractivity (Wildman–Crippen MR) is 48.0 cm³/mol. The zero-order chi connectivity index (χ0) is 9.26. The van der Waals surface area contributed by atoms with Crippen molar-refractivity contribution in [2.24, 2.45) is 0 Å². The average molecular weight is 177 g/mol. The molecule has 0 spiro atoms. The van der Waals surface area contributed by atoms with E-state index in [1.54, 1.807) is 20.3 Å². The molecule has 4 heteroatoms. The first-order valence-corrected chi connectivity index (χ1v) is 3.83. The van der Waals surface area contributed by atoms with Crippen LogP contribution in [0.15, 0.2) is 12.1 Å². The lowest BCUT2D eigenvalue weighted by Gasteiger charge is -2.04. The number of aromatic nitrogens is 2. The molecule has 0 aliphatic heterocycles. The van der Waals surface area contributed by atoms with Crippen LogP contribution >= 0.6 is 0 Å². The van der Waals surface area contributed by atoms with Crippen LogP contribution in [0.2, 0.25) is 0 Å². The minimum absolute atomic E-state index is 0.711. The molecule has 2 aromatic rings. The van der Waals surface area contributed by atoms with Crippen molar-refractivity contribution in [3.05, 3.63) is 18.5 Å². The van der Waals surface area contributed by atoms with E-state index in [4.69, 9.17) is 9.47 Å². The maximum absolute atomic E-state index is 5.16. The minimum Gasteiger partial charge on any atom is -0.497 e. The molecule has 0 amide bonds. The standard InChI is InChI=1S/C9H9N2O2/c1-12-6-3-7-9(11-5-10-7)8(4-6)13-2/h3-4H,1-2H3,(H,10,11). The van der Waals surface area contributed by atoms with E-state index < -0.39 is 0 Å². The van der Waals surface area contributed by atoms with Crippen molar-refractivity contribution in [2.75, 3.05) is 14.2 Å². The molecule has 0 unspecified atom stereocenters. The molecular formula is C9H9N2O2. The van der Waals surface area contributed by atoms with Crippen molar-refractivity contribution in [1.82, 2.24) is 9.97 Å². The summed E-state index contributed by atoms with van der Waals surface area (Å²) in [6.45, 7) is 0. The van der Waals surface area contributed by atoms with Crippen LogP contribution in [0, 0.1) is 6.33 Å². The highest BCUT2D eigenvalue weighted by atomic mass is 16.5. The zero-order valence-electron chi connectivity index (χ0n) is 7.42. The summed E-state index contributed by atoms with van der Waals surface area (Å²) in [4.78, 5) is 6.87. The number of nitrogens with one attached hydrogen (secondary N) is 1. The fourth-order valence-electron chi connectivity index (χ4n) is 1.21. The molecule has 0 fully saturated rings. The molecule has 0 aliphatic rings. The molecule has 1 aromatic carbocycles. The summed E-state index contributed by atoms with van der Waals surface area (Å²) >= 11 is 0. The number of ether oxygens (including phenoxy) is 2. The van der Waals surface area contributed by atoms with Gasteiger partial charge < -0.3 is 14.5 Å². The minimum atomic E-state index is 0.711. The number of methoxy groups -OCH3 is 2. The van der Waals surface area contributed by atoms with Crippen molar-refractivity contribution >= 4 is 11.0 Å². The van der Waals surface area contributed by atoms with Crippen LogP contribution in [0.4, 0.5) is 0 Å². The van der Waals surface area contributed by atoms with Gasteiger partial charge in [-0.2, -0.15) is 0 Å². The number of nitrogens with zero attached hydrogens (tertiary/aromatic N) is 1. The molecule has 67 valence electrons. The van der Waals surface area contributed by atoms with Crippen LogP contribution in [0.25, 0.3) is 11.0 Å². The molecule has 1 heterocycles. The first-order valence-electron chi connectivity index (χ1n) is 3.83. The topological polar surface area (TPSA) is 47.1 Å². The van der Waals surface area contributed by atoms with Crippen molar-refractivity contribution in [3.63, 3.8) is 0 Å². The van der Waals surface area contributed by atoms with E-state index in [1.807, 2.05) is 6.07 Å². The summed E-state index contributed by atoms with van der Waals surface area (Å²) in [5, 5.41) is 0. The van der Waals surface area contributed by atoms with Gasteiger partial charge in [0, 0.05) is 12.1 Å². The lowest BCUT2D eigenvalue weighted by Crippen LogP contribution is -1.88. The van der Waals surface area contributed by atoms with Gasteiger partial charge in [0.2, 0.25) is 0 Å². The van der Waals surface area contributed by atoms with Crippen LogP contribution in [-0.4, -0.2) is 24.2 Å². The van der Waals surface area contributed by atoms with E-state index in [2.05, 4.69) is 16.3 Å². The SMILES string of the molecule is COc1cc(OC)c2[nH][c]nc2c1. The molecular weight excluding hydrogens is 168 g/mol. The molecule has 13 heavy (non-hydrogen) atoms. The van der Waals surface area contributed by atoms with Gasteiger partial charge in [0.25, 0.3) is 0 Å². The Morgan fingerprint density at radius 2 is 2.15 bits per heavy atom. The second-order valence-corrected chi connectivity index (χ2v) is 2.57. The average Bonchev–Trinajstić information content (AvgIpc) is 2.63. The van der Waals surface area contributed by atoms with Gasteiger partial charge in [-0.25, -0.2) is 4.98 Å². The lowest BCUT2D eigenvalue weighted by molar-refractivity contribution is 0.397. The second-order valence-electron chi connectivity index (χ2n) is 2.57. The monoisotopic (exact) mass is 177 g/mol. The van der Waals surface area contributed by atoms with Gasteiger partial charge in [0.15, 0.2) is 6.33 Å². The zero-order valence-corrected chi connectivity index (χ0v) is 7.42. The molecule has 0 saturated heterocycles. The highest BCUT2D eigenvalue weighted by Gasteiger charge is 2.06. The summed E-state index contributed by atoms with van der Waals surface area (Å²) in [5.41, 5.74) is 1.62. The smallest absolute Gasteiger partial charge is 0.174 e. The van der Waals surface area contributed by atoms with E-state index in [-0.39, 0.29) is 0 Å². The molecule has 0 bridgehead atoms. The van der Waals surface area contributed by atoms with Gasteiger partial charge >= 0.3 is 0 Å². The number of fused-ring (bicyclic) bond motifs is 1. The highest BCUT2D eigenvalue weighted by Crippen LogP contribution is 2.28. The van der Waals surface area contributed by atoms with Crippen LogP contribution in [-0.2, 0) is 0 Å². The Labute approximate surface area is 75.5 Å². The maximum atomic E-state index is 5.16. The Morgan fingerprint density at radius 3 is 2.85 bits per heavy atom. The first kappa shape index (κ1) is 7.91.